The fourth-order valence-electron chi connectivity index (χ4n) is 3.19. The number of benzene rings is 1. The van der Waals surface area contributed by atoms with E-state index < -0.39 is 0 Å². The standard InChI is InChI=1S/C21H21N3O3S2/c1-26-16-9-7-13(11-17(16)27-2)8-10-19(25)23-21(28)24-20-15(12-22)14-5-3-4-6-18(14)29-20/h7-11H,3-6H2,1-2H3,(H2,23,24,25,28)/b10-8-. The number of thiocarbonyl (C=S) groups is 1. The molecule has 1 heterocycles. The van der Waals surface area contributed by atoms with E-state index in [4.69, 9.17) is 21.7 Å². The third-order valence-electron chi connectivity index (χ3n) is 4.58. The van der Waals surface area contributed by atoms with E-state index in [1.54, 1.807) is 43.8 Å². The van der Waals surface area contributed by atoms with E-state index in [1.807, 2.05) is 6.07 Å². The van der Waals surface area contributed by atoms with Crippen molar-refractivity contribution in [1.82, 2.24) is 5.32 Å². The fraction of sp³-hybridized carbons (Fsp3) is 0.286. The quantitative estimate of drug-likeness (QED) is 0.553. The van der Waals surface area contributed by atoms with E-state index in [-0.39, 0.29) is 11.0 Å². The van der Waals surface area contributed by atoms with Gasteiger partial charge in [-0.25, -0.2) is 0 Å². The number of nitrogens with zero attached hydrogens (tertiary/aromatic N) is 1. The zero-order valence-corrected chi connectivity index (χ0v) is 17.8. The number of amides is 1. The van der Waals surface area contributed by atoms with E-state index in [2.05, 4.69) is 16.7 Å². The van der Waals surface area contributed by atoms with Crippen LogP contribution in [0.25, 0.3) is 6.08 Å². The largest absolute Gasteiger partial charge is 0.493 e. The molecule has 8 heteroatoms. The van der Waals surface area contributed by atoms with Crippen molar-refractivity contribution in [3.63, 3.8) is 0 Å². The fourth-order valence-corrected chi connectivity index (χ4v) is 4.70. The number of fused-ring (bicyclic) bond motifs is 1. The van der Waals surface area contributed by atoms with Crippen molar-refractivity contribution < 1.29 is 14.3 Å². The molecule has 2 N–H and O–H groups in total. The number of thiophene rings is 1. The number of carbonyl (C=O) groups is 1. The molecule has 1 aliphatic rings. The summed E-state index contributed by atoms with van der Waals surface area (Å²) >= 11 is 6.79. The summed E-state index contributed by atoms with van der Waals surface area (Å²) in [6.45, 7) is 0. The second kappa shape index (κ2) is 9.54. The topological polar surface area (TPSA) is 83.4 Å². The summed E-state index contributed by atoms with van der Waals surface area (Å²) in [5.41, 5.74) is 2.55. The van der Waals surface area contributed by atoms with Crippen LogP contribution < -0.4 is 20.1 Å². The van der Waals surface area contributed by atoms with Crippen LogP contribution in [0.1, 0.15) is 34.4 Å². The molecule has 0 fully saturated rings. The third kappa shape index (κ3) is 4.94. The van der Waals surface area contributed by atoms with Gasteiger partial charge in [0.15, 0.2) is 16.6 Å². The minimum atomic E-state index is -0.364. The molecule has 150 valence electrons. The Balaban J connectivity index is 1.63. The summed E-state index contributed by atoms with van der Waals surface area (Å²) in [5, 5.41) is 16.0. The molecule has 0 saturated carbocycles. The first-order valence-corrected chi connectivity index (χ1v) is 10.3. The van der Waals surface area contributed by atoms with E-state index in [1.165, 1.54) is 11.0 Å². The number of hydrogen-bond donors (Lipinski definition) is 2. The molecular formula is C21H21N3O3S2. The lowest BCUT2D eigenvalue weighted by molar-refractivity contribution is -0.115. The van der Waals surface area contributed by atoms with Crippen molar-refractivity contribution >= 4 is 45.7 Å². The minimum Gasteiger partial charge on any atom is -0.493 e. The summed E-state index contributed by atoms with van der Waals surface area (Å²) in [4.78, 5) is 13.4. The summed E-state index contributed by atoms with van der Waals surface area (Å²) < 4.78 is 10.5. The first kappa shape index (κ1) is 20.8. The van der Waals surface area contributed by atoms with Crippen LogP contribution in [0.2, 0.25) is 0 Å². The Labute approximate surface area is 179 Å². The number of rotatable bonds is 5. The maximum absolute atomic E-state index is 12.2. The SMILES string of the molecule is COc1ccc(/C=C\C(=O)NC(=S)Nc2sc3c(c2C#N)CCCC3)cc1OC. The molecule has 0 radical (unpaired) electrons. The van der Waals surface area contributed by atoms with Crippen LogP contribution in [-0.2, 0) is 17.6 Å². The molecule has 0 spiro atoms. The third-order valence-corrected chi connectivity index (χ3v) is 5.99. The van der Waals surface area contributed by atoms with Gasteiger partial charge in [-0.05, 0) is 67.2 Å². The van der Waals surface area contributed by atoms with Gasteiger partial charge in [0.2, 0.25) is 5.91 Å². The molecule has 0 aliphatic heterocycles. The Kier molecular flexibility index (Phi) is 6.86. The van der Waals surface area contributed by atoms with Gasteiger partial charge < -0.3 is 14.8 Å². The second-order valence-electron chi connectivity index (χ2n) is 6.42. The van der Waals surface area contributed by atoms with Gasteiger partial charge in [0.05, 0.1) is 19.8 Å². The van der Waals surface area contributed by atoms with Gasteiger partial charge in [-0.1, -0.05) is 6.07 Å². The van der Waals surface area contributed by atoms with Crippen molar-refractivity contribution in [3.8, 4) is 17.6 Å². The van der Waals surface area contributed by atoms with E-state index in [9.17, 15) is 10.1 Å². The van der Waals surface area contributed by atoms with Crippen LogP contribution in [0, 0.1) is 11.3 Å². The molecule has 0 atom stereocenters. The zero-order chi connectivity index (χ0) is 20.8. The Hall–Kier alpha value is -2.89. The normalized spacial score (nSPS) is 12.7. The predicted molar refractivity (Wildman–Crippen MR) is 119 cm³/mol. The monoisotopic (exact) mass is 427 g/mol. The van der Waals surface area contributed by atoms with Crippen molar-refractivity contribution in [2.45, 2.75) is 25.7 Å². The lowest BCUT2D eigenvalue weighted by atomic mass is 9.96. The molecule has 1 aromatic heterocycles. The molecule has 1 aliphatic carbocycles. The predicted octanol–water partition coefficient (Wildman–Crippen LogP) is 4.04. The van der Waals surface area contributed by atoms with Gasteiger partial charge in [-0.3, -0.25) is 10.1 Å². The van der Waals surface area contributed by atoms with Gasteiger partial charge in [-0.15, -0.1) is 11.3 Å². The van der Waals surface area contributed by atoms with Crippen LogP contribution in [0.3, 0.4) is 0 Å². The Bertz CT molecular complexity index is 1010. The van der Waals surface area contributed by atoms with Crippen molar-refractivity contribution in [1.29, 1.82) is 5.26 Å². The van der Waals surface area contributed by atoms with E-state index in [0.29, 0.717) is 22.1 Å². The second-order valence-corrected chi connectivity index (χ2v) is 7.93. The number of ether oxygens (including phenoxy) is 2. The van der Waals surface area contributed by atoms with Crippen molar-refractivity contribution in [2.75, 3.05) is 19.5 Å². The lowest BCUT2D eigenvalue weighted by Crippen LogP contribution is -2.32. The summed E-state index contributed by atoms with van der Waals surface area (Å²) in [6, 6.07) is 7.63. The van der Waals surface area contributed by atoms with Gasteiger partial charge in [0.25, 0.3) is 0 Å². The number of methoxy groups -OCH3 is 2. The maximum Gasteiger partial charge on any atom is 0.250 e. The minimum absolute atomic E-state index is 0.169. The molecule has 2 aromatic rings. The van der Waals surface area contributed by atoms with Gasteiger partial charge in [-0.2, -0.15) is 5.26 Å². The molecule has 1 amide bonds. The molecule has 29 heavy (non-hydrogen) atoms. The Morgan fingerprint density at radius 2 is 2.00 bits per heavy atom. The van der Waals surface area contributed by atoms with Crippen LogP contribution in [0.15, 0.2) is 24.3 Å². The average Bonchev–Trinajstić information content (AvgIpc) is 3.08. The smallest absolute Gasteiger partial charge is 0.250 e. The molecule has 0 bridgehead atoms. The Morgan fingerprint density at radius 1 is 1.24 bits per heavy atom. The summed E-state index contributed by atoms with van der Waals surface area (Å²) in [6.07, 6.45) is 7.19. The molecular weight excluding hydrogens is 406 g/mol. The first-order chi connectivity index (χ1) is 14.0. The lowest BCUT2D eigenvalue weighted by Gasteiger charge is -2.09. The number of aryl methyl sites for hydroxylation is 1. The van der Waals surface area contributed by atoms with Crippen LogP contribution in [-0.4, -0.2) is 25.2 Å². The summed E-state index contributed by atoms with van der Waals surface area (Å²) in [7, 11) is 3.12. The maximum atomic E-state index is 12.2. The number of anilines is 1. The van der Waals surface area contributed by atoms with Gasteiger partial charge >= 0.3 is 0 Å². The highest BCUT2D eigenvalue weighted by molar-refractivity contribution is 7.80. The average molecular weight is 428 g/mol. The van der Waals surface area contributed by atoms with Crippen LogP contribution in [0.5, 0.6) is 11.5 Å². The molecule has 0 saturated heterocycles. The highest BCUT2D eigenvalue weighted by Gasteiger charge is 2.21. The Morgan fingerprint density at radius 3 is 2.72 bits per heavy atom. The van der Waals surface area contributed by atoms with Crippen LogP contribution in [0.4, 0.5) is 5.00 Å². The van der Waals surface area contributed by atoms with Gasteiger partial charge in [0, 0.05) is 11.0 Å². The summed E-state index contributed by atoms with van der Waals surface area (Å²) in [5.74, 6) is 0.835. The molecule has 1 aromatic carbocycles. The van der Waals surface area contributed by atoms with Crippen LogP contribution >= 0.6 is 23.6 Å². The number of nitrogens with one attached hydrogen (secondary N) is 2. The van der Waals surface area contributed by atoms with Crippen molar-refractivity contribution in [3.05, 3.63) is 45.8 Å². The molecule has 3 rings (SSSR count). The number of hydrogen-bond acceptors (Lipinski definition) is 6. The highest BCUT2D eigenvalue weighted by Crippen LogP contribution is 2.37. The van der Waals surface area contributed by atoms with E-state index >= 15 is 0 Å². The number of carbonyl (C=O) groups excluding carboxylic acids is 1. The van der Waals surface area contributed by atoms with E-state index in [0.717, 1.165) is 36.8 Å². The van der Waals surface area contributed by atoms with Crippen molar-refractivity contribution in [2.24, 2.45) is 0 Å². The first-order valence-electron chi connectivity index (χ1n) is 9.12. The van der Waals surface area contributed by atoms with Gasteiger partial charge in [0.1, 0.15) is 11.1 Å². The number of nitriles is 1. The highest BCUT2D eigenvalue weighted by atomic mass is 32.1. The molecule has 6 nitrogen and oxygen atoms in total. The molecule has 0 unspecified atom stereocenters. The zero-order valence-electron chi connectivity index (χ0n) is 16.2.